The molecule has 0 rings (SSSR count). The fourth-order valence-electron chi connectivity index (χ4n) is 9.43. The van der Waals surface area contributed by atoms with E-state index in [0.29, 0.717) is 19.3 Å². The molecule has 0 heterocycles. The van der Waals surface area contributed by atoms with Gasteiger partial charge < -0.3 is 14.2 Å². The Bertz CT molecular complexity index is 1330. The molecule has 1 unspecified atom stereocenters. The van der Waals surface area contributed by atoms with Crippen molar-refractivity contribution in [2.75, 3.05) is 13.2 Å². The minimum absolute atomic E-state index is 0.0806. The molecular weight excluding hydrogens is 913 g/mol. The van der Waals surface area contributed by atoms with Crippen LogP contribution >= 0.6 is 0 Å². The molecule has 0 aliphatic heterocycles. The lowest BCUT2D eigenvalue weighted by atomic mass is 10.0. The van der Waals surface area contributed by atoms with Gasteiger partial charge in [0, 0.05) is 19.3 Å². The molecule has 1 atom stereocenters. The number of hydrogen-bond acceptors (Lipinski definition) is 6. The Morgan fingerprint density at radius 3 is 0.838 bits per heavy atom. The van der Waals surface area contributed by atoms with E-state index < -0.39 is 6.10 Å². The molecule has 0 radical (unpaired) electrons. The van der Waals surface area contributed by atoms with Crippen molar-refractivity contribution in [3.63, 3.8) is 0 Å². The van der Waals surface area contributed by atoms with E-state index in [-0.39, 0.29) is 31.1 Å². The third-order valence-electron chi connectivity index (χ3n) is 14.3. The second-order valence-corrected chi connectivity index (χ2v) is 21.6. The number of ether oxygens (including phenoxy) is 3. The summed E-state index contributed by atoms with van der Waals surface area (Å²) < 4.78 is 16.9. The highest BCUT2D eigenvalue weighted by molar-refractivity contribution is 5.71. The summed E-state index contributed by atoms with van der Waals surface area (Å²) in [5.74, 6) is -0.890. The number of esters is 3. The first-order valence-electron chi connectivity index (χ1n) is 32.3. The Labute approximate surface area is 460 Å². The maximum Gasteiger partial charge on any atom is 0.306 e. The Morgan fingerprint density at radius 1 is 0.284 bits per heavy atom. The van der Waals surface area contributed by atoms with Crippen molar-refractivity contribution < 1.29 is 28.6 Å². The number of carbonyl (C=O) groups is 3. The topological polar surface area (TPSA) is 78.9 Å². The van der Waals surface area contributed by atoms with Gasteiger partial charge in [-0.3, -0.25) is 14.4 Å². The van der Waals surface area contributed by atoms with E-state index in [1.807, 2.05) is 0 Å². The average Bonchev–Trinajstić information content (AvgIpc) is 3.40. The number of carbonyl (C=O) groups excluding carboxylic acids is 3. The van der Waals surface area contributed by atoms with Gasteiger partial charge in [-0.1, -0.05) is 293 Å². The molecule has 6 nitrogen and oxygen atoms in total. The van der Waals surface area contributed by atoms with Gasteiger partial charge >= 0.3 is 17.9 Å². The van der Waals surface area contributed by atoms with Gasteiger partial charge in [-0.05, 0) is 83.5 Å². The van der Waals surface area contributed by atoms with E-state index in [4.69, 9.17) is 14.2 Å². The highest BCUT2D eigenvalue weighted by Gasteiger charge is 2.19. The SMILES string of the molecule is CC/C=C\C/C=C\C/C=C\C/C=C\CCCCCCC(=O)OC(COC(=O)CCCCCCCCCCCC)COC(=O)CCCCCCCCCCCCCCCCCCC/C=C\CCCCCCCCCC. The Kier molecular flexibility index (Phi) is 60.2. The number of allylic oxidation sites excluding steroid dienone is 10. The van der Waals surface area contributed by atoms with Gasteiger partial charge in [0.1, 0.15) is 13.2 Å². The van der Waals surface area contributed by atoms with Crippen LogP contribution in [-0.4, -0.2) is 37.2 Å². The molecule has 0 bridgehead atoms. The van der Waals surface area contributed by atoms with Crippen molar-refractivity contribution >= 4 is 17.9 Å². The van der Waals surface area contributed by atoms with Gasteiger partial charge in [0.2, 0.25) is 0 Å². The zero-order valence-electron chi connectivity index (χ0n) is 49.4. The first-order valence-corrected chi connectivity index (χ1v) is 32.3. The van der Waals surface area contributed by atoms with Crippen LogP contribution in [0.3, 0.4) is 0 Å². The summed E-state index contributed by atoms with van der Waals surface area (Å²) in [7, 11) is 0. The van der Waals surface area contributed by atoms with Crippen LogP contribution < -0.4 is 0 Å². The van der Waals surface area contributed by atoms with Crippen molar-refractivity contribution in [1.29, 1.82) is 0 Å². The number of hydrogen-bond donors (Lipinski definition) is 0. The van der Waals surface area contributed by atoms with Crippen LogP contribution in [0.2, 0.25) is 0 Å². The molecule has 0 saturated carbocycles. The molecular formula is C68H122O6. The summed E-state index contributed by atoms with van der Waals surface area (Å²) in [6.45, 7) is 6.53. The zero-order valence-corrected chi connectivity index (χ0v) is 49.4. The lowest BCUT2D eigenvalue weighted by Gasteiger charge is -2.18. The molecule has 0 aromatic heterocycles. The fourth-order valence-corrected chi connectivity index (χ4v) is 9.43. The quantitative estimate of drug-likeness (QED) is 0.0261. The lowest BCUT2D eigenvalue weighted by Crippen LogP contribution is -2.30. The molecule has 6 heteroatoms. The van der Waals surface area contributed by atoms with E-state index in [2.05, 4.69) is 81.5 Å². The van der Waals surface area contributed by atoms with Crippen LogP contribution in [0.5, 0.6) is 0 Å². The van der Waals surface area contributed by atoms with Crippen molar-refractivity contribution in [3.05, 3.63) is 60.8 Å². The maximum atomic E-state index is 12.9. The molecule has 0 aliphatic rings. The minimum atomic E-state index is -0.784. The highest BCUT2D eigenvalue weighted by Crippen LogP contribution is 2.17. The van der Waals surface area contributed by atoms with E-state index in [1.54, 1.807) is 0 Å². The Morgan fingerprint density at radius 2 is 0.527 bits per heavy atom. The minimum Gasteiger partial charge on any atom is -0.462 e. The summed E-state index contributed by atoms with van der Waals surface area (Å²) in [5, 5.41) is 0. The van der Waals surface area contributed by atoms with E-state index in [1.165, 1.54) is 199 Å². The zero-order chi connectivity index (χ0) is 53.6. The van der Waals surface area contributed by atoms with Crippen LogP contribution in [0.25, 0.3) is 0 Å². The van der Waals surface area contributed by atoms with Crippen LogP contribution in [-0.2, 0) is 28.6 Å². The van der Waals surface area contributed by atoms with Gasteiger partial charge in [0.15, 0.2) is 6.10 Å². The Hall–Kier alpha value is -2.89. The smallest absolute Gasteiger partial charge is 0.306 e. The van der Waals surface area contributed by atoms with Gasteiger partial charge in [-0.25, -0.2) is 0 Å². The largest absolute Gasteiger partial charge is 0.462 e. The van der Waals surface area contributed by atoms with Crippen LogP contribution in [0.4, 0.5) is 0 Å². The van der Waals surface area contributed by atoms with Crippen molar-refractivity contribution in [2.45, 2.75) is 341 Å². The van der Waals surface area contributed by atoms with Crippen molar-refractivity contribution in [2.24, 2.45) is 0 Å². The monoisotopic (exact) mass is 1030 g/mol. The highest BCUT2D eigenvalue weighted by atomic mass is 16.6. The normalized spacial score (nSPS) is 12.4. The van der Waals surface area contributed by atoms with Gasteiger partial charge in [-0.15, -0.1) is 0 Å². The van der Waals surface area contributed by atoms with E-state index in [9.17, 15) is 14.4 Å². The summed E-state index contributed by atoms with van der Waals surface area (Å²) in [6, 6.07) is 0. The van der Waals surface area contributed by atoms with E-state index >= 15 is 0 Å². The van der Waals surface area contributed by atoms with Gasteiger partial charge in [0.25, 0.3) is 0 Å². The predicted molar refractivity (Wildman–Crippen MR) is 321 cm³/mol. The number of rotatable bonds is 59. The van der Waals surface area contributed by atoms with Crippen molar-refractivity contribution in [1.82, 2.24) is 0 Å². The third kappa shape index (κ3) is 60.0. The molecule has 0 amide bonds. The van der Waals surface area contributed by atoms with Crippen LogP contribution in [0.15, 0.2) is 60.8 Å². The molecule has 0 aromatic rings. The first kappa shape index (κ1) is 71.1. The number of unbranched alkanes of at least 4 members (excludes halogenated alkanes) is 38. The summed E-state index contributed by atoms with van der Waals surface area (Å²) in [6.07, 6.45) is 79.7. The van der Waals surface area contributed by atoms with Crippen LogP contribution in [0.1, 0.15) is 335 Å². The molecule has 74 heavy (non-hydrogen) atoms. The molecule has 0 aliphatic carbocycles. The standard InChI is InChI=1S/C68H122O6/c1-4-7-10-13-16-19-22-24-26-28-29-30-31-32-33-34-35-36-37-38-39-41-42-44-46-49-52-55-58-61-67(70)73-64-65(63-72-66(69)60-57-54-51-48-21-18-15-12-9-6-3)74-68(71)62-59-56-53-50-47-45-43-40-27-25-23-20-17-14-11-8-5-2/h8,11,17,20,25,27-29,43,45,65H,4-7,9-10,12-16,18-19,21-24,26,30-42,44,46-64H2,1-3H3/b11-8-,20-17-,27-25-,29-28-,45-43-. The molecule has 0 aromatic carbocycles. The molecule has 0 spiro atoms. The predicted octanol–water partition coefficient (Wildman–Crippen LogP) is 21.9. The maximum absolute atomic E-state index is 12.9. The summed E-state index contributed by atoms with van der Waals surface area (Å²) in [5.41, 5.74) is 0. The lowest BCUT2D eigenvalue weighted by molar-refractivity contribution is -0.167. The third-order valence-corrected chi connectivity index (χ3v) is 14.3. The van der Waals surface area contributed by atoms with Crippen molar-refractivity contribution in [3.8, 4) is 0 Å². The fraction of sp³-hybridized carbons (Fsp3) is 0.809. The second-order valence-electron chi connectivity index (χ2n) is 21.6. The molecule has 0 N–H and O–H groups in total. The average molecular weight is 1040 g/mol. The first-order chi connectivity index (χ1) is 36.5. The van der Waals surface area contributed by atoms with Gasteiger partial charge in [0.05, 0.1) is 0 Å². The van der Waals surface area contributed by atoms with E-state index in [0.717, 1.165) is 96.3 Å². The molecule has 430 valence electrons. The summed E-state index contributed by atoms with van der Waals surface area (Å²) in [4.78, 5) is 38.2. The molecule has 0 fully saturated rings. The Balaban J connectivity index is 4.15. The van der Waals surface area contributed by atoms with Crippen LogP contribution in [0, 0.1) is 0 Å². The second kappa shape index (κ2) is 62.6. The summed E-state index contributed by atoms with van der Waals surface area (Å²) >= 11 is 0. The molecule has 0 saturated heterocycles. The van der Waals surface area contributed by atoms with Gasteiger partial charge in [-0.2, -0.15) is 0 Å².